The molecule has 1 aromatic carbocycles. The van der Waals surface area contributed by atoms with E-state index in [0.29, 0.717) is 6.54 Å². The Morgan fingerprint density at radius 2 is 2.17 bits per heavy atom. The molecule has 0 spiro atoms. The monoisotopic (exact) mass is 249 g/mol. The Balaban J connectivity index is 1.86. The van der Waals surface area contributed by atoms with Crippen LogP contribution in [0.5, 0.6) is 0 Å². The minimum absolute atomic E-state index is 0.0531. The van der Waals surface area contributed by atoms with Gasteiger partial charge >= 0.3 is 12.1 Å². The highest BCUT2D eigenvalue weighted by Crippen LogP contribution is 2.19. The summed E-state index contributed by atoms with van der Waals surface area (Å²) in [6, 6.07) is 9.70. The van der Waals surface area contributed by atoms with E-state index in [2.05, 4.69) is 4.74 Å². The fraction of sp³-hybridized carbons (Fsp3) is 0.385. The summed E-state index contributed by atoms with van der Waals surface area (Å²) in [5, 5.41) is 0.958. The zero-order valence-electron chi connectivity index (χ0n) is 10.2. The molecule has 0 N–H and O–H groups in total. The third kappa shape index (κ3) is 3.00. The third-order valence-corrected chi connectivity index (χ3v) is 2.78. The van der Waals surface area contributed by atoms with Crippen LogP contribution in [0.3, 0.4) is 0 Å². The molecular formula is C13H15NO4. The number of cyclic esters (lactones) is 1. The van der Waals surface area contributed by atoms with Crippen LogP contribution < -0.4 is 0 Å². The number of benzene rings is 1. The lowest BCUT2D eigenvalue weighted by atomic mass is 9.98. The quantitative estimate of drug-likeness (QED) is 0.819. The summed E-state index contributed by atoms with van der Waals surface area (Å²) in [7, 11) is 0. The maximum atomic E-state index is 11.7. The molecule has 1 atom stereocenters. The van der Waals surface area contributed by atoms with E-state index < -0.39 is 12.1 Å². The Bertz CT molecular complexity index is 432. The normalized spacial score (nSPS) is 16.3. The minimum atomic E-state index is -0.601. The Hall–Kier alpha value is -2.04. The predicted octanol–water partition coefficient (Wildman–Crippen LogP) is 2.09. The number of carbonyl (C=O) groups is 2. The van der Waals surface area contributed by atoms with Gasteiger partial charge in [-0.2, -0.15) is 0 Å². The summed E-state index contributed by atoms with van der Waals surface area (Å²) >= 11 is 0. The molecular weight excluding hydrogens is 234 g/mol. The summed E-state index contributed by atoms with van der Waals surface area (Å²) in [6.45, 7) is 2.50. The van der Waals surface area contributed by atoms with Crippen LogP contribution in [-0.4, -0.2) is 30.3 Å². The smallest absolute Gasteiger partial charge is 0.443 e. The second-order valence-electron chi connectivity index (χ2n) is 4.20. The number of hydroxylamine groups is 2. The van der Waals surface area contributed by atoms with Crippen molar-refractivity contribution in [1.29, 1.82) is 0 Å². The van der Waals surface area contributed by atoms with Crippen LogP contribution >= 0.6 is 0 Å². The van der Waals surface area contributed by atoms with Crippen LogP contribution in [0, 0.1) is 0 Å². The van der Waals surface area contributed by atoms with Crippen molar-refractivity contribution < 1.29 is 19.2 Å². The van der Waals surface area contributed by atoms with Crippen molar-refractivity contribution in [3.8, 4) is 0 Å². The van der Waals surface area contributed by atoms with E-state index in [1.807, 2.05) is 37.3 Å². The molecule has 0 bridgehead atoms. The maximum Gasteiger partial charge on any atom is 0.443 e. The Kier molecular flexibility index (Phi) is 3.82. The van der Waals surface area contributed by atoms with Crippen LogP contribution in [0.4, 0.5) is 4.79 Å². The number of hydrogen-bond acceptors (Lipinski definition) is 4. The van der Waals surface area contributed by atoms with Gasteiger partial charge in [0.05, 0.1) is 13.0 Å². The van der Waals surface area contributed by atoms with Crippen LogP contribution in [-0.2, 0) is 14.4 Å². The number of ether oxygens (including phenoxy) is 1. The summed E-state index contributed by atoms with van der Waals surface area (Å²) in [4.78, 5) is 27.7. The molecule has 96 valence electrons. The highest BCUT2D eigenvalue weighted by atomic mass is 16.8. The second kappa shape index (κ2) is 5.53. The first-order valence-electron chi connectivity index (χ1n) is 5.87. The highest BCUT2D eigenvalue weighted by Gasteiger charge is 2.26. The number of nitrogens with zero attached hydrogens (tertiary/aromatic N) is 1. The number of hydrogen-bond donors (Lipinski definition) is 0. The lowest BCUT2D eigenvalue weighted by molar-refractivity contribution is -0.174. The van der Waals surface area contributed by atoms with Crippen molar-refractivity contribution in [3.63, 3.8) is 0 Å². The Morgan fingerprint density at radius 3 is 2.78 bits per heavy atom. The second-order valence-corrected chi connectivity index (χ2v) is 4.20. The van der Waals surface area contributed by atoms with E-state index in [1.54, 1.807) is 0 Å². The summed E-state index contributed by atoms with van der Waals surface area (Å²) < 4.78 is 4.67. The van der Waals surface area contributed by atoms with Crippen molar-refractivity contribution in [1.82, 2.24) is 5.06 Å². The molecule has 0 saturated carbocycles. The lowest BCUT2D eigenvalue weighted by Gasteiger charge is -2.14. The van der Waals surface area contributed by atoms with Gasteiger partial charge in [-0.3, -0.25) is 0 Å². The minimum Gasteiger partial charge on any atom is -0.445 e. The third-order valence-electron chi connectivity index (χ3n) is 2.78. The molecule has 1 amide bonds. The SMILES string of the molecule is C[C@@H](CC(=O)ON1CCOC1=O)c1ccccc1. The van der Waals surface area contributed by atoms with E-state index in [4.69, 9.17) is 4.84 Å². The standard InChI is InChI=1S/C13H15NO4/c1-10(11-5-3-2-4-6-11)9-12(15)18-14-7-8-17-13(14)16/h2-6,10H,7-9H2,1H3/t10-/m0/s1. The molecule has 1 aromatic rings. The molecule has 1 heterocycles. The van der Waals surface area contributed by atoms with Gasteiger partial charge in [-0.1, -0.05) is 37.3 Å². The van der Waals surface area contributed by atoms with Crippen LogP contribution in [0.2, 0.25) is 0 Å². The Morgan fingerprint density at radius 1 is 1.44 bits per heavy atom. The molecule has 1 aliphatic heterocycles. The van der Waals surface area contributed by atoms with Crippen molar-refractivity contribution in [2.45, 2.75) is 19.3 Å². The molecule has 0 unspecified atom stereocenters. The van der Waals surface area contributed by atoms with Crippen molar-refractivity contribution in [2.24, 2.45) is 0 Å². The molecule has 18 heavy (non-hydrogen) atoms. The molecule has 0 aliphatic carbocycles. The van der Waals surface area contributed by atoms with Crippen molar-refractivity contribution >= 4 is 12.1 Å². The number of rotatable bonds is 4. The van der Waals surface area contributed by atoms with E-state index in [1.165, 1.54) is 0 Å². The fourth-order valence-corrected chi connectivity index (χ4v) is 1.77. The van der Waals surface area contributed by atoms with Crippen LogP contribution in [0.15, 0.2) is 30.3 Å². The molecule has 1 saturated heterocycles. The molecule has 0 aromatic heterocycles. The fourth-order valence-electron chi connectivity index (χ4n) is 1.77. The Labute approximate surface area is 105 Å². The van der Waals surface area contributed by atoms with Gasteiger partial charge < -0.3 is 9.57 Å². The first-order chi connectivity index (χ1) is 8.66. The van der Waals surface area contributed by atoms with Crippen molar-refractivity contribution in [3.05, 3.63) is 35.9 Å². The largest absolute Gasteiger partial charge is 0.445 e. The van der Waals surface area contributed by atoms with Gasteiger partial charge in [0.15, 0.2) is 0 Å². The molecule has 1 fully saturated rings. The molecule has 0 radical (unpaired) electrons. The van der Waals surface area contributed by atoms with E-state index >= 15 is 0 Å². The molecule has 5 heteroatoms. The molecule has 5 nitrogen and oxygen atoms in total. The topological polar surface area (TPSA) is 55.8 Å². The zero-order chi connectivity index (χ0) is 13.0. The zero-order valence-corrected chi connectivity index (χ0v) is 10.2. The van der Waals surface area contributed by atoms with Gasteiger partial charge in [-0.05, 0) is 11.5 Å². The average molecular weight is 249 g/mol. The van der Waals surface area contributed by atoms with Crippen molar-refractivity contribution in [2.75, 3.05) is 13.2 Å². The van der Waals surface area contributed by atoms with Gasteiger partial charge in [0.25, 0.3) is 0 Å². The number of carbonyl (C=O) groups excluding carboxylic acids is 2. The van der Waals surface area contributed by atoms with Gasteiger partial charge in [-0.25, -0.2) is 9.59 Å². The van der Waals surface area contributed by atoms with E-state index in [-0.39, 0.29) is 18.9 Å². The number of amides is 1. The first-order valence-corrected chi connectivity index (χ1v) is 5.87. The highest BCUT2D eigenvalue weighted by molar-refractivity contribution is 5.74. The van der Waals surface area contributed by atoms with Gasteiger partial charge in [-0.15, -0.1) is 5.06 Å². The van der Waals surface area contributed by atoms with Gasteiger partial charge in [0.2, 0.25) is 0 Å². The van der Waals surface area contributed by atoms with E-state index in [9.17, 15) is 9.59 Å². The summed E-state index contributed by atoms with van der Waals surface area (Å²) in [5.41, 5.74) is 1.07. The first kappa shape index (κ1) is 12.4. The van der Waals surface area contributed by atoms with Gasteiger partial charge in [0, 0.05) is 0 Å². The van der Waals surface area contributed by atoms with E-state index in [0.717, 1.165) is 10.6 Å². The summed E-state index contributed by atoms with van der Waals surface area (Å²) in [5.74, 6) is -0.373. The average Bonchev–Trinajstić information content (AvgIpc) is 2.76. The predicted molar refractivity (Wildman–Crippen MR) is 63.6 cm³/mol. The summed E-state index contributed by atoms with van der Waals surface area (Å²) in [6.07, 6.45) is -0.371. The molecule has 1 aliphatic rings. The van der Waals surface area contributed by atoms with Crippen LogP contribution in [0.1, 0.15) is 24.8 Å². The molecule has 2 rings (SSSR count). The maximum absolute atomic E-state index is 11.7. The lowest BCUT2D eigenvalue weighted by Crippen LogP contribution is -2.28. The van der Waals surface area contributed by atoms with Gasteiger partial charge in [0.1, 0.15) is 6.61 Å². The van der Waals surface area contributed by atoms with Crippen LogP contribution in [0.25, 0.3) is 0 Å².